The van der Waals surface area contributed by atoms with Gasteiger partial charge in [0.1, 0.15) is 0 Å². The molecule has 1 unspecified atom stereocenters. The number of hydrogen-bond acceptors (Lipinski definition) is 4. The van der Waals surface area contributed by atoms with Crippen LogP contribution in [-0.2, 0) is 9.53 Å². The van der Waals surface area contributed by atoms with Crippen molar-refractivity contribution in [3.63, 3.8) is 0 Å². The van der Waals surface area contributed by atoms with Crippen LogP contribution in [0.1, 0.15) is 25.5 Å². The van der Waals surface area contributed by atoms with Gasteiger partial charge in [0.05, 0.1) is 19.3 Å². The van der Waals surface area contributed by atoms with Crippen LogP contribution in [0.3, 0.4) is 0 Å². The number of nitrogens with zero attached hydrogens (tertiary/aromatic N) is 2. The zero-order chi connectivity index (χ0) is 13.7. The van der Waals surface area contributed by atoms with E-state index in [0.29, 0.717) is 26.3 Å². The van der Waals surface area contributed by atoms with Gasteiger partial charge in [-0.15, -0.1) is 0 Å². The predicted molar refractivity (Wildman–Crippen MR) is 72.6 cm³/mol. The third kappa shape index (κ3) is 3.75. The molecule has 0 bridgehead atoms. The molecule has 0 aliphatic carbocycles. The molecule has 0 aromatic carbocycles. The molecule has 104 valence electrons. The van der Waals surface area contributed by atoms with Crippen molar-refractivity contribution < 1.29 is 9.53 Å². The number of ether oxygens (including phenoxy) is 1. The van der Waals surface area contributed by atoms with Crippen LogP contribution in [0.25, 0.3) is 0 Å². The van der Waals surface area contributed by atoms with Gasteiger partial charge in [-0.1, -0.05) is 0 Å². The van der Waals surface area contributed by atoms with E-state index >= 15 is 0 Å². The molecule has 1 aliphatic rings. The van der Waals surface area contributed by atoms with Gasteiger partial charge in [0.25, 0.3) is 0 Å². The summed E-state index contributed by atoms with van der Waals surface area (Å²) in [5, 5.41) is 3.33. The van der Waals surface area contributed by atoms with Crippen molar-refractivity contribution in [2.24, 2.45) is 0 Å². The first-order valence-electron chi connectivity index (χ1n) is 6.71. The number of nitrogens with one attached hydrogen (secondary N) is 1. The molecule has 1 saturated heterocycles. The van der Waals surface area contributed by atoms with Gasteiger partial charge in [0.15, 0.2) is 0 Å². The monoisotopic (exact) mass is 263 g/mol. The average molecular weight is 263 g/mol. The molecule has 1 aromatic heterocycles. The Morgan fingerprint density at radius 2 is 1.95 bits per heavy atom. The van der Waals surface area contributed by atoms with Crippen LogP contribution in [0, 0.1) is 0 Å². The summed E-state index contributed by atoms with van der Waals surface area (Å²) >= 11 is 0. The van der Waals surface area contributed by atoms with Crippen molar-refractivity contribution in [1.29, 1.82) is 0 Å². The van der Waals surface area contributed by atoms with Gasteiger partial charge in [0.2, 0.25) is 5.91 Å². The van der Waals surface area contributed by atoms with E-state index in [4.69, 9.17) is 4.74 Å². The van der Waals surface area contributed by atoms with Gasteiger partial charge in [-0.25, -0.2) is 0 Å². The molecule has 1 N–H and O–H groups in total. The van der Waals surface area contributed by atoms with Crippen LogP contribution in [0.2, 0.25) is 0 Å². The maximum absolute atomic E-state index is 12.3. The third-order valence-corrected chi connectivity index (χ3v) is 3.40. The SMILES string of the molecule is CC(N[C@H](C)c1ccncc1)C(=O)N1CCOCC1. The van der Waals surface area contributed by atoms with Crippen LogP contribution < -0.4 is 5.32 Å². The summed E-state index contributed by atoms with van der Waals surface area (Å²) in [6.07, 6.45) is 3.53. The van der Waals surface area contributed by atoms with Crippen molar-refractivity contribution in [1.82, 2.24) is 15.2 Å². The maximum atomic E-state index is 12.3. The number of carbonyl (C=O) groups excluding carboxylic acids is 1. The van der Waals surface area contributed by atoms with Crippen molar-refractivity contribution in [3.8, 4) is 0 Å². The van der Waals surface area contributed by atoms with Crippen LogP contribution in [0.5, 0.6) is 0 Å². The molecule has 2 rings (SSSR count). The number of carbonyl (C=O) groups is 1. The summed E-state index contributed by atoms with van der Waals surface area (Å²) in [6, 6.07) is 3.86. The molecule has 0 saturated carbocycles. The van der Waals surface area contributed by atoms with Crippen LogP contribution >= 0.6 is 0 Å². The van der Waals surface area contributed by atoms with E-state index in [0.717, 1.165) is 5.56 Å². The minimum absolute atomic E-state index is 0.128. The van der Waals surface area contributed by atoms with Crippen molar-refractivity contribution in [2.75, 3.05) is 26.3 Å². The van der Waals surface area contributed by atoms with E-state index in [1.54, 1.807) is 12.4 Å². The molecule has 5 heteroatoms. The van der Waals surface area contributed by atoms with Gasteiger partial charge in [-0.2, -0.15) is 0 Å². The Morgan fingerprint density at radius 3 is 2.58 bits per heavy atom. The Morgan fingerprint density at radius 1 is 1.32 bits per heavy atom. The molecule has 0 spiro atoms. The third-order valence-electron chi connectivity index (χ3n) is 3.40. The highest BCUT2D eigenvalue weighted by Gasteiger charge is 2.23. The summed E-state index contributed by atoms with van der Waals surface area (Å²) in [4.78, 5) is 18.1. The molecule has 1 fully saturated rings. The standard InChI is InChI=1S/C14H21N3O2/c1-11(13-3-5-15-6-4-13)16-12(2)14(18)17-7-9-19-10-8-17/h3-6,11-12,16H,7-10H2,1-2H3/t11-,12?/m1/s1. The number of aromatic nitrogens is 1. The minimum atomic E-state index is -0.193. The molecular formula is C14H21N3O2. The molecule has 2 heterocycles. The summed E-state index contributed by atoms with van der Waals surface area (Å²) in [6.45, 7) is 6.62. The highest BCUT2D eigenvalue weighted by molar-refractivity contribution is 5.81. The smallest absolute Gasteiger partial charge is 0.239 e. The van der Waals surface area contributed by atoms with E-state index in [-0.39, 0.29) is 18.0 Å². The Labute approximate surface area is 114 Å². The summed E-state index contributed by atoms with van der Waals surface area (Å²) in [5.74, 6) is 0.143. The fraction of sp³-hybridized carbons (Fsp3) is 0.571. The highest BCUT2D eigenvalue weighted by atomic mass is 16.5. The van der Waals surface area contributed by atoms with Gasteiger partial charge in [-0.3, -0.25) is 15.1 Å². The van der Waals surface area contributed by atoms with Crippen LogP contribution in [0.15, 0.2) is 24.5 Å². The van der Waals surface area contributed by atoms with E-state index in [9.17, 15) is 4.79 Å². The Kier molecular flexibility index (Phi) is 4.87. The van der Waals surface area contributed by atoms with E-state index in [1.807, 2.05) is 24.0 Å². The van der Waals surface area contributed by atoms with Gasteiger partial charge in [-0.05, 0) is 31.5 Å². The second kappa shape index (κ2) is 6.63. The topological polar surface area (TPSA) is 54.5 Å². The zero-order valence-electron chi connectivity index (χ0n) is 11.5. The molecule has 5 nitrogen and oxygen atoms in total. The molecule has 1 amide bonds. The fourth-order valence-electron chi connectivity index (χ4n) is 2.25. The largest absolute Gasteiger partial charge is 0.378 e. The van der Waals surface area contributed by atoms with Crippen LogP contribution in [-0.4, -0.2) is 48.1 Å². The fourth-order valence-corrected chi connectivity index (χ4v) is 2.25. The second-order valence-corrected chi connectivity index (χ2v) is 4.83. The number of morpholine rings is 1. The molecule has 2 atom stereocenters. The first-order valence-corrected chi connectivity index (χ1v) is 6.71. The average Bonchev–Trinajstić information content (AvgIpc) is 2.48. The molecule has 0 radical (unpaired) electrons. The van der Waals surface area contributed by atoms with Gasteiger partial charge >= 0.3 is 0 Å². The molecule has 1 aromatic rings. The summed E-state index contributed by atoms with van der Waals surface area (Å²) in [5.41, 5.74) is 1.14. The lowest BCUT2D eigenvalue weighted by Crippen LogP contribution is -2.49. The lowest BCUT2D eigenvalue weighted by molar-refractivity contribution is -0.137. The Balaban J connectivity index is 1.89. The van der Waals surface area contributed by atoms with E-state index < -0.39 is 0 Å². The Bertz CT molecular complexity index is 404. The number of hydrogen-bond donors (Lipinski definition) is 1. The number of amides is 1. The molecule has 19 heavy (non-hydrogen) atoms. The lowest BCUT2D eigenvalue weighted by atomic mass is 10.1. The first kappa shape index (κ1) is 14.0. The van der Waals surface area contributed by atoms with Crippen molar-refractivity contribution >= 4 is 5.91 Å². The van der Waals surface area contributed by atoms with Gasteiger partial charge in [0, 0.05) is 31.5 Å². The zero-order valence-corrected chi connectivity index (χ0v) is 11.5. The van der Waals surface area contributed by atoms with E-state index in [1.165, 1.54) is 0 Å². The molecule has 1 aliphatic heterocycles. The van der Waals surface area contributed by atoms with Crippen LogP contribution in [0.4, 0.5) is 0 Å². The summed E-state index contributed by atoms with van der Waals surface area (Å²) < 4.78 is 5.26. The minimum Gasteiger partial charge on any atom is -0.378 e. The maximum Gasteiger partial charge on any atom is 0.239 e. The number of pyridine rings is 1. The van der Waals surface area contributed by atoms with Crippen molar-refractivity contribution in [2.45, 2.75) is 25.9 Å². The summed E-state index contributed by atoms with van der Waals surface area (Å²) in [7, 11) is 0. The Hall–Kier alpha value is -1.46. The van der Waals surface area contributed by atoms with Crippen molar-refractivity contribution in [3.05, 3.63) is 30.1 Å². The first-order chi connectivity index (χ1) is 9.18. The normalized spacial score (nSPS) is 18.9. The van der Waals surface area contributed by atoms with E-state index in [2.05, 4.69) is 17.2 Å². The second-order valence-electron chi connectivity index (χ2n) is 4.83. The quantitative estimate of drug-likeness (QED) is 0.880. The highest BCUT2D eigenvalue weighted by Crippen LogP contribution is 2.12. The van der Waals surface area contributed by atoms with Gasteiger partial charge < -0.3 is 9.64 Å². The predicted octanol–water partition coefficient (Wildman–Crippen LogP) is 0.979. The number of rotatable bonds is 4. The lowest BCUT2D eigenvalue weighted by Gasteiger charge is -2.30. The molecular weight excluding hydrogens is 242 g/mol.